The lowest BCUT2D eigenvalue weighted by Crippen LogP contribution is -2.48. The number of benzene rings is 1. The highest BCUT2D eigenvalue weighted by atomic mass is 16.6. The SMILES string of the molecule is CCCCCc1cc(OC(=O)N2CCN(C)CC2)c2c(c1)OC(C)(C)[C@@H]1CCC(C)=CC21. The molecule has 1 saturated heterocycles. The topological polar surface area (TPSA) is 42.0 Å². The summed E-state index contributed by atoms with van der Waals surface area (Å²) >= 11 is 0. The van der Waals surface area contributed by atoms with Crippen molar-refractivity contribution < 1.29 is 14.3 Å². The number of hydrogen-bond donors (Lipinski definition) is 0. The van der Waals surface area contributed by atoms with Gasteiger partial charge in [-0.05, 0) is 71.2 Å². The van der Waals surface area contributed by atoms with Crippen molar-refractivity contribution in [2.45, 2.75) is 77.7 Å². The number of amides is 1. The lowest BCUT2D eigenvalue weighted by Gasteiger charge is -2.46. The number of unbranched alkanes of at least 4 members (excludes halogenated alkanes) is 2. The predicted octanol–water partition coefficient (Wildman–Crippen LogP) is 5.78. The summed E-state index contributed by atoms with van der Waals surface area (Å²) in [4.78, 5) is 17.2. The number of nitrogens with zero attached hydrogens (tertiary/aromatic N) is 2. The van der Waals surface area contributed by atoms with Crippen LogP contribution < -0.4 is 9.47 Å². The molecule has 1 aliphatic carbocycles. The van der Waals surface area contributed by atoms with Crippen molar-refractivity contribution in [3.63, 3.8) is 0 Å². The molecule has 3 aliphatic rings. The van der Waals surface area contributed by atoms with Crippen LogP contribution in [-0.4, -0.2) is 54.7 Å². The van der Waals surface area contributed by atoms with Crippen LogP contribution in [0.4, 0.5) is 4.79 Å². The third-order valence-corrected chi connectivity index (χ3v) is 7.54. The van der Waals surface area contributed by atoms with Crippen LogP contribution >= 0.6 is 0 Å². The van der Waals surface area contributed by atoms with Crippen LogP contribution in [-0.2, 0) is 6.42 Å². The molecule has 1 aromatic rings. The van der Waals surface area contributed by atoms with Gasteiger partial charge in [-0.2, -0.15) is 0 Å². The Morgan fingerprint density at radius 2 is 1.94 bits per heavy atom. The Kier molecular flexibility index (Phi) is 6.85. The Morgan fingerprint density at radius 1 is 1.19 bits per heavy atom. The third-order valence-electron chi connectivity index (χ3n) is 7.54. The van der Waals surface area contributed by atoms with Gasteiger partial charge in [-0.25, -0.2) is 4.79 Å². The third kappa shape index (κ3) is 4.83. The van der Waals surface area contributed by atoms with Crippen LogP contribution in [0.2, 0.25) is 0 Å². The maximum Gasteiger partial charge on any atom is 0.415 e. The number of allylic oxidation sites excluding steroid dienone is 2. The molecule has 2 heterocycles. The second-order valence-electron chi connectivity index (χ2n) is 10.5. The fourth-order valence-corrected chi connectivity index (χ4v) is 5.52. The van der Waals surface area contributed by atoms with Gasteiger partial charge in [0.25, 0.3) is 0 Å². The summed E-state index contributed by atoms with van der Waals surface area (Å²) in [7, 11) is 2.09. The van der Waals surface area contributed by atoms with E-state index in [0.29, 0.717) is 24.8 Å². The van der Waals surface area contributed by atoms with E-state index < -0.39 is 0 Å². The maximum atomic E-state index is 13.1. The van der Waals surface area contributed by atoms with E-state index in [9.17, 15) is 4.79 Å². The molecular weight excluding hydrogens is 400 g/mol. The Bertz CT molecular complexity index is 868. The minimum atomic E-state index is -0.240. The Labute approximate surface area is 193 Å². The first-order valence-corrected chi connectivity index (χ1v) is 12.5. The van der Waals surface area contributed by atoms with Gasteiger partial charge in [0.15, 0.2) is 0 Å². The fourth-order valence-electron chi connectivity index (χ4n) is 5.52. The molecule has 0 aromatic heterocycles. The molecule has 4 rings (SSSR count). The summed E-state index contributed by atoms with van der Waals surface area (Å²) in [6.07, 6.45) is 8.87. The number of aryl methyl sites for hydroxylation is 1. The van der Waals surface area contributed by atoms with E-state index in [1.165, 1.54) is 24.0 Å². The van der Waals surface area contributed by atoms with Gasteiger partial charge in [-0.15, -0.1) is 0 Å². The van der Waals surface area contributed by atoms with Crippen molar-refractivity contribution in [1.29, 1.82) is 0 Å². The summed E-state index contributed by atoms with van der Waals surface area (Å²) in [5, 5.41) is 0. The van der Waals surface area contributed by atoms with Gasteiger partial charge < -0.3 is 19.3 Å². The minimum absolute atomic E-state index is 0.225. The molecule has 5 nitrogen and oxygen atoms in total. The number of hydrogen-bond acceptors (Lipinski definition) is 4. The van der Waals surface area contributed by atoms with Crippen molar-refractivity contribution in [3.8, 4) is 11.5 Å². The van der Waals surface area contributed by atoms with E-state index in [-0.39, 0.29) is 17.6 Å². The van der Waals surface area contributed by atoms with Crippen LogP contribution in [0.25, 0.3) is 0 Å². The second-order valence-corrected chi connectivity index (χ2v) is 10.5. The average molecular weight is 441 g/mol. The largest absolute Gasteiger partial charge is 0.487 e. The zero-order valence-corrected chi connectivity index (χ0v) is 20.6. The van der Waals surface area contributed by atoms with Crippen LogP contribution in [0.1, 0.15) is 76.8 Å². The monoisotopic (exact) mass is 440 g/mol. The summed E-state index contributed by atoms with van der Waals surface area (Å²) in [5.41, 5.74) is 3.44. The summed E-state index contributed by atoms with van der Waals surface area (Å²) in [6, 6.07) is 4.31. The highest BCUT2D eigenvalue weighted by Crippen LogP contribution is 2.53. The quantitative estimate of drug-likeness (QED) is 0.430. The second kappa shape index (κ2) is 9.46. The molecule has 2 atom stereocenters. The molecule has 176 valence electrons. The van der Waals surface area contributed by atoms with Gasteiger partial charge in [-0.1, -0.05) is 31.4 Å². The minimum Gasteiger partial charge on any atom is -0.487 e. The summed E-state index contributed by atoms with van der Waals surface area (Å²) < 4.78 is 12.8. The molecule has 0 saturated carbocycles. The molecule has 2 aliphatic heterocycles. The van der Waals surface area contributed by atoms with Crippen LogP contribution in [0.3, 0.4) is 0 Å². The number of carbonyl (C=O) groups excluding carboxylic acids is 1. The molecule has 1 fully saturated rings. The highest BCUT2D eigenvalue weighted by Gasteiger charge is 2.45. The first-order valence-electron chi connectivity index (χ1n) is 12.5. The van der Waals surface area contributed by atoms with Crippen molar-refractivity contribution in [1.82, 2.24) is 9.80 Å². The first-order chi connectivity index (χ1) is 15.3. The number of carbonyl (C=O) groups is 1. The lowest BCUT2D eigenvalue weighted by molar-refractivity contribution is 0.0106. The van der Waals surface area contributed by atoms with Crippen molar-refractivity contribution >= 4 is 6.09 Å². The van der Waals surface area contributed by atoms with Gasteiger partial charge in [0.2, 0.25) is 0 Å². The molecule has 0 bridgehead atoms. The van der Waals surface area contributed by atoms with Crippen LogP contribution in [0.15, 0.2) is 23.8 Å². The van der Waals surface area contributed by atoms with E-state index >= 15 is 0 Å². The van der Waals surface area contributed by atoms with Crippen LogP contribution in [0, 0.1) is 5.92 Å². The Morgan fingerprint density at radius 3 is 2.66 bits per heavy atom. The van der Waals surface area contributed by atoms with Crippen LogP contribution in [0.5, 0.6) is 11.5 Å². The fraction of sp³-hybridized carbons (Fsp3) is 0.667. The first kappa shape index (κ1) is 23.2. The Hall–Kier alpha value is -2.01. The summed E-state index contributed by atoms with van der Waals surface area (Å²) in [5.74, 6) is 2.21. The number of fused-ring (bicyclic) bond motifs is 3. The van der Waals surface area contributed by atoms with Gasteiger partial charge in [-0.3, -0.25) is 0 Å². The van der Waals surface area contributed by atoms with Gasteiger partial charge >= 0.3 is 6.09 Å². The molecule has 1 aromatic carbocycles. The summed E-state index contributed by atoms with van der Waals surface area (Å²) in [6.45, 7) is 12.0. The maximum absolute atomic E-state index is 13.1. The van der Waals surface area contributed by atoms with Gasteiger partial charge in [0, 0.05) is 43.6 Å². The number of ether oxygens (including phenoxy) is 2. The number of piperazine rings is 1. The van der Waals surface area contributed by atoms with E-state index in [2.05, 4.69) is 57.9 Å². The van der Waals surface area contributed by atoms with E-state index in [0.717, 1.165) is 50.1 Å². The molecule has 0 spiro atoms. The standard InChI is InChI=1S/C27H40N2O3/c1-6-7-8-9-20-17-23(31-26(30)29-14-12-28(5)13-15-29)25-21-16-19(2)10-11-22(21)27(3,4)32-24(25)18-20/h16-18,21-22H,6-15H2,1-5H3/t21?,22-/m1/s1. The van der Waals surface area contributed by atoms with Gasteiger partial charge in [0.05, 0.1) is 0 Å². The number of rotatable bonds is 5. The van der Waals surface area contributed by atoms with Gasteiger partial charge in [0.1, 0.15) is 17.1 Å². The molecule has 0 N–H and O–H groups in total. The predicted molar refractivity (Wildman–Crippen MR) is 129 cm³/mol. The zero-order chi connectivity index (χ0) is 22.9. The average Bonchev–Trinajstić information content (AvgIpc) is 2.73. The molecule has 0 radical (unpaired) electrons. The smallest absolute Gasteiger partial charge is 0.415 e. The van der Waals surface area contributed by atoms with E-state index in [1.807, 2.05) is 4.90 Å². The van der Waals surface area contributed by atoms with E-state index in [1.54, 1.807) is 0 Å². The molecule has 1 amide bonds. The molecular formula is C27H40N2O3. The molecule has 5 heteroatoms. The molecule has 1 unspecified atom stereocenters. The normalized spacial score (nSPS) is 24.8. The number of likely N-dealkylation sites (N-methyl/N-ethyl adjacent to an activating group) is 1. The zero-order valence-electron chi connectivity index (χ0n) is 20.6. The lowest BCUT2D eigenvalue weighted by atomic mass is 9.68. The highest BCUT2D eigenvalue weighted by molar-refractivity contribution is 5.72. The Balaban J connectivity index is 1.70. The van der Waals surface area contributed by atoms with Crippen molar-refractivity contribution in [3.05, 3.63) is 34.9 Å². The van der Waals surface area contributed by atoms with E-state index in [4.69, 9.17) is 9.47 Å². The molecule has 32 heavy (non-hydrogen) atoms. The van der Waals surface area contributed by atoms with Crippen molar-refractivity contribution in [2.24, 2.45) is 5.92 Å². The van der Waals surface area contributed by atoms with Crippen molar-refractivity contribution in [2.75, 3.05) is 33.2 Å².